The maximum Gasteiger partial charge on any atom is 0.126 e. The van der Waals surface area contributed by atoms with Crippen molar-refractivity contribution in [2.75, 3.05) is 5.75 Å². The molecule has 0 saturated carbocycles. The summed E-state index contributed by atoms with van der Waals surface area (Å²) in [6, 6.07) is 6.12. The average Bonchev–Trinajstić information content (AvgIpc) is 2.34. The summed E-state index contributed by atoms with van der Waals surface area (Å²) in [5.74, 6) is 2.09. The molecule has 1 aromatic carbocycles. The van der Waals surface area contributed by atoms with E-state index in [4.69, 9.17) is 4.74 Å². The Balaban J connectivity index is 1.98. The van der Waals surface area contributed by atoms with Crippen LogP contribution in [-0.4, -0.2) is 21.7 Å². The van der Waals surface area contributed by atoms with Gasteiger partial charge >= 0.3 is 0 Å². The Morgan fingerprint density at radius 1 is 1.44 bits per heavy atom. The van der Waals surface area contributed by atoms with Crippen LogP contribution < -0.4 is 4.74 Å². The molecule has 0 amide bonds. The number of fused-ring (bicyclic) bond motifs is 1. The second-order valence-corrected chi connectivity index (χ2v) is 6.99. The van der Waals surface area contributed by atoms with E-state index < -0.39 is 0 Å². The zero-order valence-electron chi connectivity index (χ0n) is 11.0. The summed E-state index contributed by atoms with van der Waals surface area (Å²) in [6.45, 7) is 4.28. The molecule has 3 heteroatoms. The fourth-order valence-corrected chi connectivity index (χ4v) is 4.34. The molecule has 2 heterocycles. The van der Waals surface area contributed by atoms with Crippen LogP contribution in [0.15, 0.2) is 18.2 Å². The van der Waals surface area contributed by atoms with E-state index in [9.17, 15) is 5.11 Å². The van der Waals surface area contributed by atoms with Crippen molar-refractivity contribution in [1.82, 2.24) is 0 Å². The summed E-state index contributed by atoms with van der Waals surface area (Å²) in [6.07, 6.45) is 2.60. The first-order valence-electron chi connectivity index (χ1n) is 6.70. The molecular formula is C15H20O2S. The van der Waals surface area contributed by atoms with Gasteiger partial charge in [0.05, 0.1) is 6.10 Å². The lowest BCUT2D eigenvalue weighted by Gasteiger charge is -2.46. The van der Waals surface area contributed by atoms with E-state index in [1.807, 2.05) is 23.9 Å². The Morgan fingerprint density at radius 3 is 3.06 bits per heavy atom. The Bertz CT molecular complexity index is 460. The van der Waals surface area contributed by atoms with Gasteiger partial charge in [-0.2, -0.15) is 11.8 Å². The Morgan fingerprint density at radius 2 is 2.28 bits per heavy atom. The second kappa shape index (κ2) is 4.46. The number of aliphatic hydroxyl groups excluding tert-OH is 1. The van der Waals surface area contributed by atoms with Crippen molar-refractivity contribution in [2.24, 2.45) is 0 Å². The van der Waals surface area contributed by atoms with Gasteiger partial charge < -0.3 is 9.84 Å². The summed E-state index contributed by atoms with van der Waals surface area (Å²) < 4.78 is 6.32. The van der Waals surface area contributed by atoms with Gasteiger partial charge in [0.15, 0.2) is 0 Å². The van der Waals surface area contributed by atoms with E-state index in [2.05, 4.69) is 19.9 Å². The number of benzene rings is 1. The van der Waals surface area contributed by atoms with Gasteiger partial charge in [-0.3, -0.25) is 0 Å². The van der Waals surface area contributed by atoms with Gasteiger partial charge in [0.2, 0.25) is 0 Å². The molecule has 0 radical (unpaired) electrons. The van der Waals surface area contributed by atoms with Crippen molar-refractivity contribution >= 4 is 11.8 Å². The Labute approximate surface area is 113 Å². The molecule has 0 aromatic heterocycles. The van der Waals surface area contributed by atoms with Crippen LogP contribution in [0.5, 0.6) is 5.75 Å². The fourth-order valence-electron chi connectivity index (χ4n) is 3.11. The van der Waals surface area contributed by atoms with Crippen LogP contribution in [-0.2, 0) is 0 Å². The van der Waals surface area contributed by atoms with Gasteiger partial charge in [-0.1, -0.05) is 11.6 Å². The maximum atomic E-state index is 10.4. The summed E-state index contributed by atoms with van der Waals surface area (Å²) in [5.41, 5.74) is 1.98. The smallest absolute Gasteiger partial charge is 0.126 e. The third-order valence-corrected chi connectivity index (χ3v) is 5.68. The third kappa shape index (κ3) is 1.94. The first kappa shape index (κ1) is 12.4. The molecule has 1 N–H and O–H groups in total. The highest BCUT2D eigenvalue weighted by molar-refractivity contribution is 8.00. The van der Waals surface area contributed by atoms with Crippen molar-refractivity contribution < 1.29 is 9.84 Å². The zero-order valence-corrected chi connectivity index (χ0v) is 11.8. The quantitative estimate of drug-likeness (QED) is 0.778. The van der Waals surface area contributed by atoms with Crippen molar-refractivity contribution in [2.45, 2.75) is 50.1 Å². The SMILES string of the molecule is Cc1ccc2c(c1)[C@@H](O)CC1(CCCSC1C)O2. The molecule has 18 heavy (non-hydrogen) atoms. The summed E-state index contributed by atoms with van der Waals surface area (Å²) >= 11 is 1.97. The minimum atomic E-state index is -0.380. The van der Waals surface area contributed by atoms with Gasteiger partial charge in [-0.05, 0) is 44.6 Å². The average molecular weight is 264 g/mol. The molecule has 1 saturated heterocycles. The lowest BCUT2D eigenvalue weighted by molar-refractivity contribution is -0.0212. The highest BCUT2D eigenvalue weighted by atomic mass is 32.2. The largest absolute Gasteiger partial charge is 0.486 e. The van der Waals surface area contributed by atoms with Crippen molar-refractivity contribution in [3.8, 4) is 5.75 Å². The lowest BCUT2D eigenvalue weighted by atomic mass is 9.82. The Hall–Kier alpha value is -0.670. The first-order valence-corrected chi connectivity index (χ1v) is 7.75. The maximum absolute atomic E-state index is 10.4. The molecule has 2 nitrogen and oxygen atoms in total. The molecule has 1 fully saturated rings. The standard InChI is InChI=1S/C15H20O2S/c1-10-4-5-14-12(8-10)13(16)9-15(17-14)6-3-7-18-11(15)2/h4-5,8,11,13,16H,3,6-7,9H2,1-2H3/t11?,13-,15?/m0/s1. The van der Waals surface area contributed by atoms with Crippen molar-refractivity contribution in [3.05, 3.63) is 29.3 Å². The molecule has 1 spiro atoms. The van der Waals surface area contributed by atoms with Crippen LogP contribution >= 0.6 is 11.8 Å². The number of thioether (sulfide) groups is 1. The number of hydrogen-bond donors (Lipinski definition) is 1. The normalized spacial score (nSPS) is 35.1. The number of ether oxygens (including phenoxy) is 1. The third-order valence-electron chi connectivity index (χ3n) is 4.23. The van der Waals surface area contributed by atoms with Gasteiger partial charge in [0.25, 0.3) is 0 Å². The molecule has 2 unspecified atom stereocenters. The monoisotopic (exact) mass is 264 g/mol. The summed E-state index contributed by atoms with van der Waals surface area (Å²) in [7, 11) is 0. The van der Waals surface area contributed by atoms with E-state index in [0.717, 1.165) is 24.2 Å². The van der Waals surface area contributed by atoms with E-state index in [-0.39, 0.29) is 11.7 Å². The van der Waals surface area contributed by atoms with Crippen LogP contribution in [0.25, 0.3) is 0 Å². The number of aliphatic hydroxyl groups is 1. The van der Waals surface area contributed by atoms with Crippen LogP contribution in [0.1, 0.15) is 43.4 Å². The first-order chi connectivity index (χ1) is 8.61. The van der Waals surface area contributed by atoms with Gasteiger partial charge in [-0.25, -0.2) is 0 Å². The summed E-state index contributed by atoms with van der Waals surface area (Å²) in [5, 5.41) is 10.9. The molecule has 3 rings (SSSR count). The predicted octanol–water partition coefficient (Wildman–Crippen LogP) is 3.47. The van der Waals surface area contributed by atoms with E-state index >= 15 is 0 Å². The highest BCUT2D eigenvalue weighted by Crippen LogP contribution is 2.48. The minimum absolute atomic E-state index is 0.162. The van der Waals surface area contributed by atoms with E-state index in [1.165, 1.54) is 17.7 Å². The van der Waals surface area contributed by atoms with Gasteiger partial charge in [0, 0.05) is 17.2 Å². The lowest BCUT2D eigenvalue weighted by Crippen LogP contribution is -2.50. The van der Waals surface area contributed by atoms with Crippen LogP contribution in [0.2, 0.25) is 0 Å². The van der Waals surface area contributed by atoms with E-state index in [1.54, 1.807) is 0 Å². The number of aryl methyl sites for hydroxylation is 1. The number of rotatable bonds is 0. The van der Waals surface area contributed by atoms with Gasteiger partial charge in [0.1, 0.15) is 11.4 Å². The molecule has 0 aliphatic carbocycles. The fraction of sp³-hybridized carbons (Fsp3) is 0.600. The van der Waals surface area contributed by atoms with Crippen LogP contribution in [0, 0.1) is 6.92 Å². The van der Waals surface area contributed by atoms with E-state index in [0.29, 0.717) is 5.25 Å². The molecule has 1 aromatic rings. The molecule has 3 atom stereocenters. The van der Waals surface area contributed by atoms with Gasteiger partial charge in [-0.15, -0.1) is 0 Å². The molecule has 0 bridgehead atoms. The number of hydrogen-bond acceptors (Lipinski definition) is 3. The molecule has 2 aliphatic heterocycles. The minimum Gasteiger partial charge on any atom is -0.486 e. The van der Waals surface area contributed by atoms with Crippen LogP contribution in [0.4, 0.5) is 0 Å². The van der Waals surface area contributed by atoms with Crippen molar-refractivity contribution in [1.29, 1.82) is 0 Å². The Kier molecular flexibility index (Phi) is 3.07. The second-order valence-electron chi connectivity index (χ2n) is 5.54. The van der Waals surface area contributed by atoms with Crippen molar-refractivity contribution in [3.63, 3.8) is 0 Å². The summed E-state index contributed by atoms with van der Waals surface area (Å²) in [4.78, 5) is 0. The highest BCUT2D eigenvalue weighted by Gasteiger charge is 2.46. The molecular weight excluding hydrogens is 244 g/mol. The van der Waals surface area contributed by atoms with Crippen LogP contribution in [0.3, 0.4) is 0 Å². The molecule has 98 valence electrons. The zero-order chi connectivity index (χ0) is 12.8. The molecule has 2 aliphatic rings. The predicted molar refractivity (Wildman–Crippen MR) is 75.3 cm³/mol. The topological polar surface area (TPSA) is 29.5 Å².